The maximum absolute atomic E-state index is 12.0. The monoisotopic (exact) mass is 272 g/mol. The predicted octanol–water partition coefficient (Wildman–Crippen LogP) is 4.14. The predicted molar refractivity (Wildman–Crippen MR) is 69.0 cm³/mol. The molecule has 0 spiro atoms. The summed E-state index contributed by atoms with van der Waals surface area (Å²) >= 11 is 11.8. The van der Waals surface area contributed by atoms with Gasteiger partial charge in [-0.1, -0.05) is 23.2 Å². The molecule has 17 heavy (non-hydrogen) atoms. The minimum absolute atomic E-state index is 0.0576. The molecule has 0 N–H and O–H groups in total. The lowest BCUT2D eigenvalue weighted by atomic mass is 10.0. The summed E-state index contributed by atoms with van der Waals surface area (Å²) < 4.78 is 5.48. The lowest BCUT2D eigenvalue weighted by Crippen LogP contribution is -2.09. The molecule has 2 rings (SSSR count). The summed E-state index contributed by atoms with van der Waals surface area (Å²) in [7, 11) is 0. The third-order valence-corrected chi connectivity index (χ3v) is 3.50. The Bertz CT molecular complexity index is 412. The van der Waals surface area contributed by atoms with Gasteiger partial charge in [0.1, 0.15) is 0 Å². The maximum Gasteiger partial charge on any atom is 0.164 e. The van der Waals surface area contributed by atoms with E-state index >= 15 is 0 Å². The van der Waals surface area contributed by atoms with Gasteiger partial charge in [-0.15, -0.1) is 0 Å². The SMILES string of the molecule is O=C(CCC1CCCO1)c1ccc(Cl)cc1Cl. The van der Waals surface area contributed by atoms with Crippen molar-refractivity contribution in [3.63, 3.8) is 0 Å². The molecule has 1 aliphatic heterocycles. The van der Waals surface area contributed by atoms with Crippen LogP contribution in [0.2, 0.25) is 10.0 Å². The summed E-state index contributed by atoms with van der Waals surface area (Å²) in [6.07, 6.45) is 3.65. The zero-order valence-electron chi connectivity index (χ0n) is 9.42. The fraction of sp³-hybridized carbons (Fsp3) is 0.462. The van der Waals surface area contributed by atoms with E-state index in [-0.39, 0.29) is 11.9 Å². The van der Waals surface area contributed by atoms with Crippen LogP contribution in [0.4, 0.5) is 0 Å². The van der Waals surface area contributed by atoms with Crippen molar-refractivity contribution in [2.24, 2.45) is 0 Å². The standard InChI is InChI=1S/C13H14Cl2O2/c14-9-3-5-11(12(15)8-9)13(16)6-4-10-2-1-7-17-10/h3,5,8,10H,1-2,4,6-7H2. The fourth-order valence-corrected chi connectivity index (χ4v) is 2.53. The van der Waals surface area contributed by atoms with Gasteiger partial charge >= 0.3 is 0 Å². The highest BCUT2D eigenvalue weighted by molar-refractivity contribution is 6.36. The summed E-state index contributed by atoms with van der Waals surface area (Å²) in [6, 6.07) is 4.97. The molecule has 1 heterocycles. The van der Waals surface area contributed by atoms with Gasteiger partial charge in [-0.25, -0.2) is 0 Å². The van der Waals surface area contributed by atoms with Crippen LogP contribution in [-0.2, 0) is 4.74 Å². The molecule has 1 fully saturated rings. The zero-order chi connectivity index (χ0) is 12.3. The summed E-state index contributed by atoms with van der Waals surface area (Å²) in [5, 5.41) is 0.973. The molecule has 1 atom stereocenters. The zero-order valence-corrected chi connectivity index (χ0v) is 10.9. The topological polar surface area (TPSA) is 26.3 Å². The first-order valence-electron chi connectivity index (χ1n) is 5.76. The molecule has 2 nitrogen and oxygen atoms in total. The molecule has 1 saturated heterocycles. The third-order valence-electron chi connectivity index (χ3n) is 2.95. The van der Waals surface area contributed by atoms with Gasteiger partial charge in [0.2, 0.25) is 0 Å². The Morgan fingerprint density at radius 2 is 2.24 bits per heavy atom. The van der Waals surface area contributed by atoms with E-state index in [4.69, 9.17) is 27.9 Å². The van der Waals surface area contributed by atoms with Crippen LogP contribution in [0.1, 0.15) is 36.0 Å². The minimum Gasteiger partial charge on any atom is -0.378 e. The van der Waals surface area contributed by atoms with Gasteiger partial charge in [-0.3, -0.25) is 4.79 Å². The molecule has 1 aliphatic rings. The van der Waals surface area contributed by atoms with Crippen molar-refractivity contribution >= 4 is 29.0 Å². The van der Waals surface area contributed by atoms with Gasteiger partial charge in [0, 0.05) is 23.6 Å². The van der Waals surface area contributed by atoms with Gasteiger partial charge in [0.25, 0.3) is 0 Å². The number of Topliss-reactive ketones (excluding diaryl/α,β-unsaturated/α-hetero) is 1. The normalized spacial score (nSPS) is 19.5. The van der Waals surface area contributed by atoms with Crippen LogP contribution in [0, 0.1) is 0 Å². The lowest BCUT2D eigenvalue weighted by molar-refractivity contribution is 0.0859. The number of rotatable bonds is 4. The van der Waals surface area contributed by atoms with Crippen LogP contribution < -0.4 is 0 Å². The Hall–Kier alpha value is -0.570. The molecule has 1 unspecified atom stereocenters. The molecule has 4 heteroatoms. The van der Waals surface area contributed by atoms with Gasteiger partial charge in [-0.05, 0) is 37.5 Å². The number of halogens is 2. The van der Waals surface area contributed by atoms with Crippen LogP contribution in [0.25, 0.3) is 0 Å². The Morgan fingerprint density at radius 3 is 2.88 bits per heavy atom. The number of benzene rings is 1. The van der Waals surface area contributed by atoms with Crippen LogP contribution in [-0.4, -0.2) is 18.5 Å². The first kappa shape index (κ1) is 12.9. The molecule has 1 aromatic rings. The molecule has 92 valence electrons. The van der Waals surface area contributed by atoms with Crippen molar-refractivity contribution in [1.82, 2.24) is 0 Å². The van der Waals surface area contributed by atoms with Crippen molar-refractivity contribution in [3.8, 4) is 0 Å². The third kappa shape index (κ3) is 3.44. The van der Waals surface area contributed by atoms with Crippen LogP contribution in [0.5, 0.6) is 0 Å². The molecule has 0 radical (unpaired) electrons. The van der Waals surface area contributed by atoms with Crippen molar-refractivity contribution in [2.75, 3.05) is 6.61 Å². The second-order valence-corrected chi connectivity index (χ2v) is 5.06. The quantitative estimate of drug-likeness (QED) is 0.771. The second kappa shape index (κ2) is 5.85. The fourth-order valence-electron chi connectivity index (χ4n) is 2.01. The molecular formula is C13H14Cl2O2. The first-order chi connectivity index (χ1) is 8.16. The van der Waals surface area contributed by atoms with Gasteiger partial charge in [-0.2, -0.15) is 0 Å². The average molecular weight is 273 g/mol. The number of carbonyl (C=O) groups is 1. The number of carbonyl (C=O) groups excluding carboxylic acids is 1. The van der Waals surface area contributed by atoms with Crippen molar-refractivity contribution in [3.05, 3.63) is 33.8 Å². The number of hydrogen-bond acceptors (Lipinski definition) is 2. The lowest BCUT2D eigenvalue weighted by Gasteiger charge is -2.09. The van der Waals surface area contributed by atoms with Crippen LogP contribution in [0.15, 0.2) is 18.2 Å². The van der Waals surface area contributed by atoms with E-state index < -0.39 is 0 Å². The number of ether oxygens (including phenoxy) is 1. The summed E-state index contributed by atoms with van der Waals surface area (Å²) in [5.74, 6) is 0.0576. The molecule has 0 saturated carbocycles. The Labute approximate surface area is 111 Å². The number of ketones is 1. The van der Waals surface area contributed by atoms with Gasteiger partial charge in [0.15, 0.2) is 5.78 Å². The van der Waals surface area contributed by atoms with Gasteiger partial charge in [0.05, 0.1) is 11.1 Å². The first-order valence-corrected chi connectivity index (χ1v) is 6.52. The smallest absolute Gasteiger partial charge is 0.164 e. The average Bonchev–Trinajstić information content (AvgIpc) is 2.78. The molecule has 0 aliphatic carbocycles. The second-order valence-electron chi connectivity index (χ2n) is 4.22. The molecule has 0 bridgehead atoms. The maximum atomic E-state index is 12.0. The number of hydrogen-bond donors (Lipinski definition) is 0. The minimum atomic E-state index is 0.0576. The molecular weight excluding hydrogens is 259 g/mol. The highest BCUT2D eigenvalue weighted by atomic mass is 35.5. The highest BCUT2D eigenvalue weighted by Gasteiger charge is 2.18. The van der Waals surface area contributed by atoms with E-state index in [1.807, 2.05) is 0 Å². The van der Waals surface area contributed by atoms with E-state index in [2.05, 4.69) is 0 Å². The highest BCUT2D eigenvalue weighted by Crippen LogP contribution is 2.24. The summed E-state index contributed by atoms with van der Waals surface area (Å²) in [4.78, 5) is 12.0. The van der Waals surface area contributed by atoms with Crippen LogP contribution >= 0.6 is 23.2 Å². The van der Waals surface area contributed by atoms with Crippen molar-refractivity contribution in [1.29, 1.82) is 0 Å². The van der Waals surface area contributed by atoms with E-state index in [9.17, 15) is 4.79 Å². The van der Waals surface area contributed by atoms with Gasteiger partial charge < -0.3 is 4.74 Å². The Balaban J connectivity index is 1.94. The largest absolute Gasteiger partial charge is 0.378 e. The Morgan fingerprint density at radius 1 is 1.41 bits per heavy atom. The van der Waals surface area contributed by atoms with E-state index in [0.717, 1.165) is 25.9 Å². The van der Waals surface area contributed by atoms with E-state index in [1.165, 1.54) is 0 Å². The van der Waals surface area contributed by atoms with Crippen LogP contribution in [0.3, 0.4) is 0 Å². The van der Waals surface area contributed by atoms with E-state index in [1.54, 1.807) is 18.2 Å². The van der Waals surface area contributed by atoms with Crippen molar-refractivity contribution in [2.45, 2.75) is 31.8 Å². The van der Waals surface area contributed by atoms with E-state index in [0.29, 0.717) is 22.0 Å². The van der Waals surface area contributed by atoms with Crippen molar-refractivity contribution < 1.29 is 9.53 Å². The molecule has 0 aromatic heterocycles. The summed E-state index contributed by atoms with van der Waals surface area (Å²) in [5.41, 5.74) is 0.550. The molecule has 0 amide bonds. The molecule has 1 aromatic carbocycles. The Kier molecular flexibility index (Phi) is 4.43. The summed E-state index contributed by atoms with van der Waals surface area (Å²) in [6.45, 7) is 0.820.